The molecule has 2 aromatic heterocycles. The third-order valence-corrected chi connectivity index (χ3v) is 9.55. The summed E-state index contributed by atoms with van der Waals surface area (Å²) in [7, 11) is 1.86. The van der Waals surface area contributed by atoms with Gasteiger partial charge in [0.1, 0.15) is 11.4 Å². The molecule has 226 valence electrons. The number of fused-ring (bicyclic) bond motifs is 2. The fraction of sp³-hybridized carbons (Fsp3) is 0.278. The van der Waals surface area contributed by atoms with Gasteiger partial charge in [0.15, 0.2) is 5.78 Å². The first-order valence-corrected chi connectivity index (χ1v) is 15.4. The van der Waals surface area contributed by atoms with E-state index in [1.54, 1.807) is 23.0 Å². The van der Waals surface area contributed by atoms with E-state index in [9.17, 15) is 19.5 Å². The summed E-state index contributed by atoms with van der Waals surface area (Å²) >= 11 is 0. The Bertz CT molecular complexity index is 2020. The minimum atomic E-state index is -1.22. The molecule has 9 nitrogen and oxygen atoms in total. The molecule has 1 aliphatic carbocycles. The average molecular weight is 623 g/mol. The minimum absolute atomic E-state index is 0. The topological polar surface area (TPSA) is 109 Å². The molecule has 0 bridgehead atoms. The number of amides is 1. The van der Waals surface area contributed by atoms with E-state index in [0.717, 1.165) is 46.0 Å². The molecule has 2 fully saturated rings. The number of aromatic carboxylic acids is 1. The third kappa shape index (κ3) is 5.36. The number of carbonyl (C=O) groups is 3. The summed E-state index contributed by atoms with van der Waals surface area (Å²) in [6.45, 7) is 0.957. The van der Waals surface area contributed by atoms with E-state index >= 15 is 0 Å². The number of carboxylic acids is 1. The molecule has 0 N–H and O–H groups in total. The molecule has 0 radical (unpaired) electrons. The third-order valence-electron chi connectivity index (χ3n) is 9.55. The zero-order valence-electron chi connectivity index (χ0n) is 25.9. The summed E-state index contributed by atoms with van der Waals surface area (Å²) < 4.78 is 10.5. The monoisotopic (exact) mass is 622 g/mol. The molecule has 5 aromatic rings. The van der Waals surface area contributed by atoms with Gasteiger partial charge in [-0.1, -0.05) is 30.3 Å². The Hall–Kier alpha value is -4.18. The van der Waals surface area contributed by atoms with Crippen LogP contribution in [0.15, 0.2) is 79.3 Å². The summed E-state index contributed by atoms with van der Waals surface area (Å²) in [5.41, 5.74) is 5.25. The van der Waals surface area contributed by atoms with Gasteiger partial charge in [0.2, 0.25) is 0 Å². The number of piperidine rings is 1. The number of rotatable bonds is 5. The van der Waals surface area contributed by atoms with Crippen LogP contribution in [0.5, 0.6) is 5.75 Å². The second-order valence-corrected chi connectivity index (χ2v) is 12.6. The first kappa shape index (κ1) is 30.5. The smallest absolute Gasteiger partial charge is 0.545 e. The van der Waals surface area contributed by atoms with E-state index in [1.165, 1.54) is 12.1 Å². The Morgan fingerprint density at radius 2 is 1.65 bits per heavy atom. The van der Waals surface area contributed by atoms with Crippen LogP contribution in [0.4, 0.5) is 0 Å². The van der Waals surface area contributed by atoms with Crippen molar-refractivity contribution in [2.45, 2.75) is 43.7 Å². The van der Waals surface area contributed by atoms with Gasteiger partial charge in [-0.15, -0.1) is 0 Å². The van der Waals surface area contributed by atoms with E-state index in [-0.39, 0.29) is 53.2 Å². The molecular formula is C36H31N4NaO5. The number of hydrogen-bond donors (Lipinski definition) is 0. The van der Waals surface area contributed by atoms with Gasteiger partial charge in [0.05, 0.1) is 24.2 Å². The Morgan fingerprint density at radius 3 is 2.33 bits per heavy atom. The van der Waals surface area contributed by atoms with Crippen molar-refractivity contribution >= 4 is 28.6 Å². The Kier molecular flexibility index (Phi) is 7.66. The second kappa shape index (κ2) is 11.6. The van der Waals surface area contributed by atoms with Crippen LogP contribution in [0.1, 0.15) is 69.2 Å². The van der Waals surface area contributed by atoms with Crippen LogP contribution in [-0.2, 0) is 7.05 Å². The zero-order chi connectivity index (χ0) is 30.9. The number of likely N-dealkylation sites (tertiary alicyclic amines) is 1. The number of carboxylic acid groups (broad SMARTS) is 1. The van der Waals surface area contributed by atoms with E-state index in [2.05, 4.69) is 21.9 Å². The number of carbonyl (C=O) groups excluding carboxylic acids is 3. The Labute approximate surface area is 288 Å². The number of nitrogens with zero attached hydrogens (tertiary/aromatic N) is 4. The average Bonchev–Trinajstić information content (AvgIpc) is 3.65. The second-order valence-electron chi connectivity index (χ2n) is 12.6. The van der Waals surface area contributed by atoms with Gasteiger partial charge in [0.25, 0.3) is 5.91 Å². The molecule has 1 saturated carbocycles. The summed E-state index contributed by atoms with van der Waals surface area (Å²) in [6.07, 6.45) is 9.40. The van der Waals surface area contributed by atoms with Gasteiger partial charge in [-0.25, -0.2) is 0 Å². The molecule has 1 spiro atoms. The first-order valence-electron chi connectivity index (χ1n) is 15.4. The number of ketones is 1. The zero-order valence-corrected chi connectivity index (χ0v) is 27.9. The predicted molar refractivity (Wildman–Crippen MR) is 166 cm³/mol. The SMILES string of the molecule is Cn1cc(-c2ccc3c(c2)C(=O)CC2(CCN(C(=O)c4cc(-c5ccc(C(=O)[O-])cc5)c5ccn(C6CC6)c5c4)CC2)O3)cn1.[Na+]. The maximum atomic E-state index is 14.0. The molecule has 4 heterocycles. The standard InChI is InChI=1S/C36H32N4O5.Na/c1-38-21-26(20-37-38)24-6-9-33-30(16-24)32(41)19-36(45-33)11-14-39(15-12-36)34(42)25-17-29(22-2-4-23(5-3-22)35(43)44)28-10-13-40(27-7-8-27)31(28)18-25;/h2-6,9-10,13,16-18,20-21,27H,7-8,11-12,14-15,19H2,1H3,(H,43,44);/q;+1/p-1. The quantitative estimate of drug-likeness (QED) is 0.278. The van der Waals surface area contributed by atoms with Crippen LogP contribution < -0.4 is 39.4 Å². The fourth-order valence-corrected chi connectivity index (χ4v) is 6.90. The van der Waals surface area contributed by atoms with Crippen LogP contribution >= 0.6 is 0 Å². The molecule has 2 aliphatic heterocycles. The van der Waals surface area contributed by atoms with Gasteiger partial charge in [-0.05, 0) is 65.4 Å². The van der Waals surface area contributed by atoms with Gasteiger partial charge >= 0.3 is 29.6 Å². The number of aryl methyl sites for hydroxylation is 1. The van der Waals surface area contributed by atoms with E-state index in [4.69, 9.17) is 4.74 Å². The van der Waals surface area contributed by atoms with Crippen molar-refractivity contribution in [1.29, 1.82) is 0 Å². The predicted octanol–water partition coefficient (Wildman–Crippen LogP) is 2.05. The maximum absolute atomic E-state index is 14.0. The maximum Gasteiger partial charge on any atom is 1.00 e. The van der Waals surface area contributed by atoms with Crippen LogP contribution in [0.2, 0.25) is 0 Å². The summed E-state index contributed by atoms with van der Waals surface area (Å²) in [6, 6.07) is 18.7. The fourth-order valence-electron chi connectivity index (χ4n) is 6.90. The number of aromatic nitrogens is 3. The Morgan fingerprint density at radius 1 is 0.913 bits per heavy atom. The molecule has 3 aliphatic rings. The molecule has 0 atom stereocenters. The van der Waals surface area contributed by atoms with Crippen molar-refractivity contribution in [3.05, 3.63) is 95.9 Å². The summed E-state index contributed by atoms with van der Waals surface area (Å²) in [5.74, 6) is -0.631. The van der Waals surface area contributed by atoms with Crippen molar-refractivity contribution in [2.75, 3.05) is 13.1 Å². The van der Waals surface area contributed by atoms with Crippen molar-refractivity contribution in [3.8, 4) is 28.0 Å². The molecule has 3 aromatic carbocycles. The van der Waals surface area contributed by atoms with Crippen LogP contribution in [0, 0.1) is 0 Å². The van der Waals surface area contributed by atoms with Gasteiger partial charge in [0, 0.05) is 73.4 Å². The van der Waals surface area contributed by atoms with Crippen LogP contribution in [0.3, 0.4) is 0 Å². The first-order chi connectivity index (χ1) is 21.8. The van der Waals surface area contributed by atoms with Gasteiger partial charge < -0.3 is 24.1 Å². The Balaban J connectivity index is 0.00000338. The molecule has 8 rings (SSSR count). The van der Waals surface area contributed by atoms with Crippen molar-refractivity contribution in [3.63, 3.8) is 0 Å². The summed E-state index contributed by atoms with van der Waals surface area (Å²) in [4.78, 5) is 40.6. The minimum Gasteiger partial charge on any atom is -0.545 e. The van der Waals surface area contributed by atoms with Crippen LogP contribution in [-0.4, -0.2) is 55.6 Å². The molecular weight excluding hydrogens is 591 g/mol. The van der Waals surface area contributed by atoms with E-state index in [1.807, 2.05) is 48.5 Å². The largest absolute Gasteiger partial charge is 1.00 e. The van der Waals surface area contributed by atoms with Gasteiger partial charge in [-0.2, -0.15) is 5.10 Å². The molecule has 1 amide bonds. The van der Waals surface area contributed by atoms with E-state index < -0.39 is 11.6 Å². The van der Waals surface area contributed by atoms with E-state index in [0.29, 0.717) is 48.8 Å². The molecule has 1 saturated heterocycles. The molecule has 46 heavy (non-hydrogen) atoms. The van der Waals surface area contributed by atoms with Crippen molar-refractivity contribution in [2.24, 2.45) is 7.05 Å². The normalized spacial score (nSPS) is 17.0. The van der Waals surface area contributed by atoms with Crippen molar-refractivity contribution < 1.29 is 53.8 Å². The molecule has 0 unspecified atom stereocenters. The number of hydrogen-bond acceptors (Lipinski definition) is 6. The van der Waals surface area contributed by atoms with Crippen molar-refractivity contribution in [1.82, 2.24) is 19.2 Å². The van der Waals surface area contributed by atoms with Gasteiger partial charge in [-0.3, -0.25) is 14.3 Å². The number of Topliss-reactive ketones (excluding diaryl/α,β-unsaturated/α-hetero) is 1. The summed E-state index contributed by atoms with van der Waals surface area (Å²) in [5, 5.41) is 16.6. The number of benzene rings is 3. The molecule has 10 heteroatoms. The number of ether oxygens (including phenoxy) is 1. The van der Waals surface area contributed by atoms with Crippen LogP contribution in [0.25, 0.3) is 33.2 Å².